The van der Waals surface area contributed by atoms with Crippen molar-refractivity contribution in [3.63, 3.8) is 0 Å². The molecule has 0 radical (unpaired) electrons. The standard InChI is InChI=1S/C23H33ClN7O8P/c1-4-36-20(34)13(2)30-40(35,39-14-8-6-5-7-9-14)37-10-15-17(33)23(24,11-32)21(38-15)31-12-27-16-18(26-3)28-22(25)29-19(16)31/h5-9,12-13,15,17,20-21,32-34H,4,10-11H2,1-3H3,(H,30,35)(H3,25,26,28,29)/t13-,15+,17+,20?,21+,23+,40+/m0/s1. The van der Waals surface area contributed by atoms with E-state index in [1.165, 1.54) is 17.8 Å². The van der Waals surface area contributed by atoms with Gasteiger partial charge in [-0.15, -0.1) is 11.6 Å². The van der Waals surface area contributed by atoms with Crippen molar-refractivity contribution in [3.05, 3.63) is 36.7 Å². The fourth-order valence-electron chi connectivity index (χ4n) is 4.20. The van der Waals surface area contributed by atoms with Crippen LogP contribution in [0.2, 0.25) is 0 Å². The van der Waals surface area contributed by atoms with E-state index in [-0.39, 0.29) is 24.0 Å². The van der Waals surface area contributed by atoms with Crippen molar-refractivity contribution >= 4 is 42.3 Å². The van der Waals surface area contributed by atoms with Gasteiger partial charge in [0.15, 0.2) is 29.5 Å². The predicted octanol–water partition coefficient (Wildman–Crippen LogP) is 1.22. The zero-order valence-electron chi connectivity index (χ0n) is 22.0. The van der Waals surface area contributed by atoms with Crippen molar-refractivity contribution in [2.75, 3.05) is 37.9 Å². The summed E-state index contributed by atoms with van der Waals surface area (Å²) in [4.78, 5) is 10.8. The quantitative estimate of drug-likeness (QED) is 0.0924. The molecular weight excluding hydrogens is 569 g/mol. The first-order valence-electron chi connectivity index (χ1n) is 12.4. The number of halogens is 1. The molecule has 40 heavy (non-hydrogen) atoms. The molecule has 0 amide bonds. The number of nitrogens with one attached hydrogen (secondary N) is 2. The van der Waals surface area contributed by atoms with Gasteiger partial charge in [0.1, 0.15) is 22.8 Å². The lowest BCUT2D eigenvalue weighted by atomic mass is 9.99. The molecule has 4 rings (SSSR count). The van der Waals surface area contributed by atoms with Crippen LogP contribution in [-0.4, -0.2) is 91.1 Å². The van der Waals surface area contributed by atoms with Gasteiger partial charge in [-0.2, -0.15) is 9.97 Å². The number of aliphatic hydroxyl groups is 3. The summed E-state index contributed by atoms with van der Waals surface area (Å²) in [5, 5.41) is 37.0. The van der Waals surface area contributed by atoms with Crippen molar-refractivity contribution in [3.8, 4) is 5.75 Å². The minimum absolute atomic E-state index is 0.0466. The number of anilines is 2. The molecule has 220 valence electrons. The van der Waals surface area contributed by atoms with E-state index in [9.17, 15) is 19.9 Å². The number of aliphatic hydroxyl groups excluding tert-OH is 3. The van der Waals surface area contributed by atoms with Gasteiger partial charge in [0, 0.05) is 13.7 Å². The van der Waals surface area contributed by atoms with Crippen LogP contribution in [0.4, 0.5) is 11.8 Å². The average Bonchev–Trinajstić information content (AvgIpc) is 3.46. The van der Waals surface area contributed by atoms with Gasteiger partial charge in [0.05, 0.1) is 25.6 Å². The maximum Gasteiger partial charge on any atom is 0.459 e. The van der Waals surface area contributed by atoms with Crippen LogP contribution < -0.4 is 20.7 Å². The lowest BCUT2D eigenvalue weighted by molar-refractivity contribution is -0.110. The first-order valence-corrected chi connectivity index (χ1v) is 14.3. The number of fused-ring (bicyclic) bond motifs is 1. The number of nitrogens with zero attached hydrogens (tertiary/aromatic N) is 4. The largest absolute Gasteiger partial charge is 0.459 e. The van der Waals surface area contributed by atoms with Crippen LogP contribution >= 0.6 is 19.3 Å². The molecule has 15 nitrogen and oxygen atoms in total. The second kappa shape index (κ2) is 12.5. The van der Waals surface area contributed by atoms with Crippen molar-refractivity contribution in [2.45, 2.75) is 49.5 Å². The number of aromatic nitrogens is 4. The number of nitrogen functional groups attached to an aromatic ring is 1. The van der Waals surface area contributed by atoms with Gasteiger partial charge in [-0.25, -0.2) is 14.6 Å². The van der Waals surface area contributed by atoms with Crippen LogP contribution in [0.25, 0.3) is 11.2 Å². The van der Waals surface area contributed by atoms with Gasteiger partial charge < -0.3 is 40.4 Å². The molecule has 1 unspecified atom stereocenters. The number of alkyl halides is 1. The minimum Gasteiger partial charge on any atom is -0.413 e. The number of benzene rings is 1. The topological polar surface area (TPSA) is 208 Å². The van der Waals surface area contributed by atoms with E-state index in [0.29, 0.717) is 11.3 Å². The zero-order chi connectivity index (χ0) is 29.1. The summed E-state index contributed by atoms with van der Waals surface area (Å²) in [7, 11) is -2.55. The molecule has 0 bridgehead atoms. The van der Waals surface area contributed by atoms with Crippen LogP contribution in [0.5, 0.6) is 5.75 Å². The van der Waals surface area contributed by atoms with E-state index in [1.807, 2.05) is 0 Å². The number of rotatable bonds is 13. The Bertz CT molecular complexity index is 1340. The molecule has 1 fully saturated rings. The van der Waals surface area contributed by atoms with Crippen LogP contribution in [0.1, 0.15) is 20.1 Å². The van der Waals surface area contributed by atoms with Crippen molar-refractivity contribution < 1.29 is 38.4 Å². The summed E-state index contributed by atoms with van der Waals surface area (Å²) < 4.78 is 37.8. The molecular formula is C23H33ClN7O8P. The summed E-state index contributed by atoms with van der Waals surface area (Å²) >= 11 is 6.73. The lowest BCUT2D eigenvalue weighted by Crippen LogP contribution is -2.45. The van der Waals surface area contributed by atoms with Gasteiger partial charge in [-0.05, 0) is 26.0 Å². The second-order valence-corrected chi connectivity index (χ2v) is 11.4. The number of ether oxygens (including phenoxy) is 2. The van der Waals surface area contributed by atoms with E-state index in [2.05, 4.69) is 25.4 Å². The monoisotopic (exact) mass is 601 g/mol. The van der Waals surface area contributed by atoms with Crippen LogP contribution in [0.3, 0.4) is 0 Å². The van der Waals surface area contributed by atoms with Crippen LogP contribution in [0, 0.1) is 0 Å². The Labute approximate surface area is 235 Å². The summed E-state index contributed by atoms with van der Waals surface area (Å²) in [6.07, 6.45) is -3.81. The Kier molecular flexibility index (Phi) is 9.50. The summed E-state index contributed by atoms with van der Waals surface area (Å²) in [6, 6.07) is 7.39. The van der Waals surface area contributed by atoms with Gasteiger partial charge in [-0.3, -0.25) is 9.09 Å². The highest BCUT2D eigenvalue weighted by molar-refractivity contribution is 7.52. The van der Waals surface area contributed by atoms with E-state index < -0.39 is 56.6 Å². The maximum absolute atomic E-state index is 13.8. The number of nitrogens with two attached hydrogens (primary N) is 1. The maximum atomic E-state index is 13.8. The molecule has 7 N–H and O–H groups in total. The van der Waals surface area contributed by atoms with Crippen molar-refractivity contribution in [1.82, 2.24) is 24.6 Å². The molecule has 1 saturated heterocycles. The average molecular weight is 602 g/mol. The number of imidazole rings is 1. The van der Waals surface area contributed by atoms with Crippen molar-refractivity contribution in [2.24, 2.45) is 0 Å². The third-order valence-corrected chi connectivity index (χ3v) is 8.43. The van der Waals surface area contributed by atoms with Gasteiger partial charge >= 0.3 is 7.75 Å². The normalized spacial score (nSPS) is 25.9. The molecule has 0 saturated carbocycles. The molecule has 0 spiro atoms. The summed E-state index contributed by atoms with van der Waals surface area (Å²) in [5.41, 5.74) is 6.45. The molecule has 1 aliphatic rings. The van der Waals surface area contributed by atoms with E-state index in [0.717, 1.165) is 0 Å². The molecule has 1 aromatic carbocycles. The van der Waals surface area contributed by atoms with Gasteiger partial charge in [-0.1, -0.05) is 18.2 Å². The SMILES string of the molecule is CCOC(O)[C@H](C)N[P@@](=O)(OC[C@H]1O[C@@H](n2cnc3c(NC)nc(N)nc32)[C@@](Cl)(CO)[C@@H]1O)Oc1ccccc1. The Hall–Kier alpha value is -2.59. The lowest BCUT2D eigenvalue weighted by Gasteiger charge is -2.29. The second-order valence-electron chi connectivity index (χ2n) is 9.02. The smallest absolute Gasteiger partial charge is 0.413 e. The molecule has 2 aromatic heterocycles. The molecule has 17 heteroatoms. The highest BCUT2D eigenvalue weighted by atomic mass is 35.5. The summed E-state index contributed by atoms with van der Waals surface area (Å²) in [6.45, 7) is 2.27. The van der Waals surface area contributed by atoms with Gasteiger partial charge in [0.25, 0.3) is 0 Å². The Morgan fingerprint density at radius 1 is 1.32 bits per heavy atom. The minimum atomic E-state index is -4.19. The van der Waals surface area contributed by atoms with Crippen LogP contribution in [-0.2, 0) is 18.6 Å². The molecule has 0 aliphatic carbocycles. The highest BCUT2D eigenvalue weighted by Gasteiger charge is 2.57. The van der Waals surface area contributed by atoms with E-state index in [4.69, 9.17) is 35.9 Å². The van der Waals surface area contributed by atoms with Crippen LogP contribution in [0.15, 0.2) is 36.7 Å². The third kappa shape index (κ3) is 6.17. The first-order chi connectivity index (χ1) is 19.0. The zero-order valence-corrected chi connectivity index (χ0v) is 23.7. The molecule has 7 atom stereocenters. The molecule has 1 aliphatic heterocycles. The third-order valence-electron chi connectivity index (χ3n) is 6.23. The number of hydrogen-bond acceptors (Lipinski definition) is 13. The van der Waals surface area contributed by atoms with Crippen molar-refractivity contribution in [1.29, 1.82) is 0 Å². The summed E-state index contributed by atoms with van der Waals surface area (Å²) in [5.74, 6) is 0.540. The highest BCUT2D eigenvalue weighted by Crippen LogP contribution is 2.49. The number of hydrogen-bond donors (Lipinski definition) is 6. The number of para-hydroxylation sites is 1. The van der Waals surface area contributed by atoms with E-state index >= 15 is 0 Å². The Balaban J connectivity index is 1.59. The first kappa shape index (κ1) is 30.4. The van der Waals surface area contributed by atoms with Gasteiger partial charge in [0.2, 0.25) is 5.95 Å². The fraction of sp³-hybridized carbons (Fsp3) is 0.522. The predicted molar refractivity (Wildman–Crippen MR) is 146 cm³/mol. The Morgan fingerprint density at radius 3 is 2.70 bits per heavy atom. The molecule has 3 aromatic rings. The van der Waals surface area contributed by atoms with E-state index in [1.54, 1.807) is 44.3 Å². The Morgan fingerprint density at radius 2 is 2.05 bits per heavy atom. The molecule has 3 heterocycles. The fourth-order valence-corrected chi connectivity index (χ4v) is 6.04.